The van der Waals surface area contributed by atoms with Crippen LogP contribution in [0.1, 0.15) is 23.2 Å². The van der Waals surface area contributed by atoms with Crippen molar-refractivity contribution in [2.45, 2.75) is 28.7 Å². The lowest BCUT2D eigenvalue weighted by atomic mass is 10.2. The molecule has 30 heavy (non-hydrogen) atoms. The first-order chi connectivity index (χ1) is 14.1. The second-order valence-corrected chi connectivity index (χ2v) is 11.5. The van der Waals surface area contributed by atoms with Gasteiger partial charge in [-0.2, -0.15) is 4.31 Å². The zero-order chi connectivity index (χ0) is 21.7. The monoisotopic (exact) mass is 466 g/mol. The number of amides is 1. The van der Waals surface area contributed by atoms with Crippen molar-refractivity contribution in [2.75, 3.05) is 12.4 Å². The van der Waals surface area contributed by atoms with Gasteiger partial charge in [-0.25, -0.2) is 27.0 Å². The molecule has 4 rings (SSSR count). The molecular weight excluding hydrogens is 448 g/mol. The molecule has 3 aromatic rings. The summed E-state index contributed by atoms with van der Waals surface area (Å²) in [5.41, 5.74) is 0.791. The van der Waals surface area contributed by atoms with Crippen molar-refractivity contribution in [3.63, 3.8) is 0 Å². The Bertz CT molecular complexity index is 1340. The predicted octanol–water partition coefficient (Wildman–Crippen LogP) is 1.98. The van der Waals surface area contributed by atoms with Crippen molar-refractivity contribution in [1.82, 2.24) is 9.29 Å². The number of aromatic nitrogens is 1. The topological polar surface area (TPSA) is 140 Å². The molecule has 9 nitrogen and oxygen atoms in total. The molecule has 0 unspecified atom stereocenters. The summed E-state index contributed by atoms with van der Waals surface area (Å²) in [4.78, 5) is 16.9. The lowest BCUT2D eigenvalue weighted by Gasteiger charge is -2.16. The molecule has 0 atom stereocenters. The Hall–Kier alpha value is -2.38. The van der Waals surface area contributed by atoms with Crippen LogP contribution in [0, 0.1) is 0 Å². The Morgan fingerprint density at radius 3 is 2.33 bits per heavy atom. The van der Waals surface area contributed by atoms with Crippen LogP contribution in [0.25, 0.3) is 10.2 Å². The van der Waals surface area contributed by atoms with Crippen molar-refractivity contribution in [3.8, 4) is 0 Å². The SMILES string of the molecule is CN(C1CC1)S(=O)(=O)c1ccc(C(=O)Nc2nc3ccc(S(N)(=O)=O)cc3s2)cc1. The van der Waals surface area contributed by atoms with Crippen LogP contribution in [-0.2, 0) is 20.0 Å². The summed E-state index contributed by atoms with van der Waals surface area (Å²) in [7, 11) is -5.86. The number of hydrogen-bond donors (Lipinski definition) is 2. The molecule has 0 aliphatic heterocycles. The molecule has 3 N–H and O–H groups in total. The van der Waals surface area contributed by atoms with Crippen molar-refractivity contribution >= 4 is 52.6 Å². The van der Waals surface area contributed by atoms with Crippen LogP contribution in [0.2, 0.25) is 0 Å². The number of primary sulfonamides is 1. The van der Waals surface area contributed by atoms with Gasteiger partial charge in [0.05, 0.1) is 20.0 Å². The first-order valence-corrected chi connectivity index (χ1v) is 12.7. The molecule has 1 saturated carbocycles. The molecule has 0 radical (unpaired) electrons. The number of carbonyl (C=O) groups excluding carboxylic acids is 1. The number of fused-ring (bicyclic) bond motifs is 1. The van der Waals surface area contributed by atoms with E-state index in [1.165, 1.54) is 46.8 Å². The maximum atomic E-state index is 12.5. The van der Waals surface area contributed by atoms with Gasteiger partial charge in [0, 0.05) is 18.7 Å². The van der Waals surface area contributed by atoms with E-state index in [1.807, 2.05) is 0 Å². The van der Waals surface area contributed by atoms with E-state index in [4.69, 9.17) is 5.14 Å². The highest BCUT2D eigenvalue weighted by atomic mass is 32.2. The van der Waals surface area contributed by atoms with Gasteiger partial charge in [0.1, 0.15) is 0 Å². The number of thiazole rings is 1. The molecule has 1 fully saturated rings. The minimum atomic E-state index is -3.84. The molecule has 1 aromatic heterocycles. The summed E-state index contributed by atoms with van der Waals surface area (Å²) in [6.07, 6.45) is 1.72. The van der Waals surface area contributed by atoms with E-state index in [9.17, 15) is 21.6 Å². The average molecular weight is 467 g/mol. The van der Waals surface area contributed by atoms with E-state index in [0.29, 0.717) is 10.2 Å². The number of rotatable bonds is 6. The highest BCUT2D eigenvalue weighted by molar-refractivity contribution is 7.89. The molecule has 12 heteroatoms. The van der Waals surface area contributed by atoms with Crippen molar-refractivity contribution in [1.29, 1.82) is 0 Å². The number of nitrogens with one attached hydrogen (secondary N) is 1. The van der Waals surface area contributed by atoms with Crippen LogP contribution in [0.3, 0.4) is 0 Å². The summed E-state index contributed by atoms with van der Waals surface area (Å²) in [5.74, 6) is -0.458. The van der Waals surface area contributed by atoms with Crippen LogP contribution < -0.4 is 10.5 Å². The van der Waals surface area contributed by atoms with Gasteiger partial charge in [-0.15, -0.1) is 0 Å². The normalized spacial score (nSPS) is 14.9. The van der Waals surface area contributed by atoms with Crippen LogP contribution >= 0.6 is 11.3 Å². The summed E-state index contributed by atoms with van der Waals surface area (Å²) >= 11 is 1.11. The first kappa shape index (κ1) is 20.9. The molecule has 0 spiro atoms. The molecule has 2 aromatic carbocycles. The van der Waals surface area contributed by atoms with E-state index < -0.39 is 26.0 Å². The molecule has 0 saturated heterocycles. The smallest absolute Gasteiger partial charge is 0.257 e. The van der Waals surface area contributed by atoms with Gasteiger partial charge >= 0.3 is 0 Å². The van der Waals surface area contributed by atoms with Gasteiger partial charge in [-0.05, 0) is 55.3 Å². The van der Waals surface area contributed by atoms with Crippen LogP contribution in [0.15, 0.2) is 52.3 Å². The fourth-order valence-electron chi connectivity index (χ4n) is 2.88. The van der Waals surface area contributed by atoms with Gasteiger partial charge < -0.3 is 0 Å². The predicted molar refractivity (Wildman–Crippen MR) is 113 cm³/mol. The number of nitrogens with zero attached hydrogens (tertiary/aromatic N) is 2. The summed E-state index contributed by atoms with van der Waals surface area (Å²) in [6.45, 7) is 0. The Morgan fingerprint density at radius 1 is 1.10 bits per heavy atom. The molecular formula is C18H18N4O5S3. The highest BCUT2D eigenvalue weighted by Gasteiger charge is 2.35. The van der Waals surface area contributed by atoms with Crippen LogP contribution in [0.5, 0.6) is 0 Å². The molecule has 158 valence electrons. The van der Waals surface area contributed by atoms with E-state index in [-0.39, 0.29) is 26.5 Å². The molecule has 1 heterocycles. The molecule has 0 bridgehead atoms. The molecule has 1 aliphatic rings. The number of carbonyl (C=O) groups is 1. The maximum Gasteiger partial charge on any atom is 0.257 e. The Balaban J connectivity index is 1.52. The van der Waals surface area contributed by atoms with E-state index in [1.54, 1.807) is 7.05 Å². The lowest BCUT2D eigenvalue weighted by molar-refractivity contribution is 0.102. The van der Waals surface area contributed by atoms with Crippen molar-refractivity contribution < 1.29 is 21.6 Å². The third-order valence-corrected chi connectivity index (χ3v) is 8.53. The Morgan fingerprint density at radius 2 is 1.73 bits per heavy atom. The third-order valence-electron chi connectivity index (χ3n) is 4.76. The second-order valence-electron chi connectivity index (χ2n) is 6.92. The lowest BCUT2D eigenvalue weighted by Crippen LogP contribution is -2.29. The summed E-state index contributed by atoms with van der Waals surface area (Å²) in [6, 6.07) is 9.99. The third kappa shape index (κ3) is 4.09. The summed E-state index contributed by atoms with van der Waals surface area (Å²) < 4.78 is 50.0. The van der Waals surface area contributed by atoms with Gasteiger partial charge in [0.2, 0.25) is 20.0 Å². The number of anilines is 1. The average Bonchev–Trinajstić information content (AvgIpc) is 3.46. The zero-order valence-electron chi connectivity index (χ0n) is 15.8. The first-order valence-electron chi connectivity index (χ1n) is 8.88. The number of benzene rings is 2. The molecule has 1 aliphatic carbocycles. The van der Waals surface area contributed by atoms with Gasteiger partial charge in [-0.3, -0.25) is 10.1 Å². The van der Waals surface area contributed by atoms with Crippen molar-refractivity contribution in [3.05, 3.63) is 48.0 Å². The van der Waals surface area contributed by atoms with E-state index >= 15 is 0 Å². The van der Waals surface area contributed by atoms with E-state index in [2.05, 4.69) is 10.3 Å². The standard InChI is InChI=1S/C18H18N4O5S3/c1-22(12-4-5-12)30(26,27)13-6-2-11(3-7-13)17(23)21-18-20-15-9-8-14(29(19,24)25)10-16(15)28-18/h2-3,6-10,12H,4-5H2,1H3,(H2,19,24,25)(H,20,21,23). The van der Waals surface area contributed by atoms with E-state index in [0.717, 1.165) is 24.2 Å². The number of sulfonamides is 2. The second kappa shape index (κ2) is 7.39. The van der Waals surface area contributed by atoms with Crippen LogP contribution in [0.4, 0.5) is 5.13 Å². The number of nitrogens with two attached hydrogens (primary N) is 1. The fraction of sp³-hybridized carbons (Fsp3) is 0.222. The highest BCUT2D eigenvalue weighted by Crippen LogP contribution is 2.31. The Kier molecular flexibility index (Phi) is 5.14. The van der Waals surface area contributed by atoms with Crippen molar-refractivity contribution in [2.24, 2.45) is 5.14 Å². The number of hydrogen-bond acceptors (Lipinski definition) is 7. The summed E-state index contributed by atoms with van der Waals surface area (Å²) in [5, 5.41) is 8.06. The van der Waals surface area contributed by atoms with Gasteiger partial charge in [0.15, 0.2) is 5.13 Å². The molecule has 1 amide bonds. The minimum absolute atomic E-state index is 0.0375. The largest absolute Gasteiger partial charge is 0.298 e. The zero-order valence-corrected chi connectivity index (χ0v) is 18.2. The maximum absolute atomic E-state index is 12.5. The van der Waals surface area contributed by atoms with Gasteiger partial charge in [-0.1, -0.05) is 11.3 Å². The van der Waals surface area contributed by atoms with Gasteiger partial charge in [0.25, 0.3) is 5.91 Å². The minimum Gasteiger partial charge on any atom is -0.298 e. The fourth-order valence-corrected chi connectivity index (χ4v) is 5.81. The van der Waals surface area contributed by atoms with Crippen LogP contribution in [-0.4, -0.2) is 45.1 Å². The quantitative estimate of drug-likeness (QED) is 0.569. The Labute approximate surface area is 177 Å².